The molecule has 0 spiro atoms. The lowest BCUT2D eigenvalue weighted by Crippen LogP contribution is -2.32. The highest BCUT2D eigenvalue weighted by molar-refractivity contribution is 6.21. The van der Waals surface area contributed by atoms with Crippen molar-refractivity contribution in [3.8, 4) is 5.75 Å². The van der Waals surface area contributed by atoms with Crippen LogP contribution in [-0.2, 0) is 9.59 Å². The van der Waals surface area contributed by atoms with Crippen molar-refractivity contribution in [3.63, 3.8) is 0 Å². The first-order valence-electron chi connectivity index (χ1n) is 10.7. The SMILES string of the molecule is CC(=O)Oc1cccc(C(=O)NCCCNC(=O)CCCN2C(=O)c3ccccc3C2=O)c1. The number of carbonyl (C=O) groups is 5. The van der Waals surface area contributed by atoms with Crippen LogP contribution in [0.3, 0.4) is 0 Å². The van der Waals surface area contributed by atoms with Gasteiger partial charge in [0.15, 0.2) is 0 Å². The lowest BCUT2D eigenvalue weighted by Gasteiger charge is -2.13. The molecule has 0 saturated carbocycles. The Morgan fingerprint density at radius 1 is 0.879 bits per heavy atom. The summed E-state index contributed by atoms with van der Waals surface area (Å²) in [5.41, 5.74) is 1.16. The van der Waals surface area contributed by atoms with Crippen molar-refractivity contribution in [2.24, 2.45) is 0 Å². The van der Waals surface area contributed by atoms with E-state index in [1.807, 2.05) is 0 Å². The van der Waals surface area contributed by atoms with Gasteiger partial charge in [0, 0.05) is 38.5 Å². The molecule has 9 heteroatoms. The zero-order valence-electron chi connectivity index (χ0n) is 18.3. The molecular weight excluding hydrogens is 426 g/mol. The summed E-state index contributed by atoms with van der Waals surface area (Å²) in [7, 11) is 0. The van der Waals surface area contributed by atoms with Crippen LogP contribution >= 0.6 is 0 Å². The maximum Gasteiger partial charge on any atom is 0.308 e. The Balaban J connectivity index is 1.31. The summed E-state index contributed by atoms with van der Waals surface area (Å²) in [6.45, 7) is 2.19. The number of carbonyl (C=O) groups excluding carboxylic acids is 5. The second-order valence-corrected chi connectivity index (χ2v) is 7.49. The standard InChI is InChI=1S/C24H25N3O6/c1-16(28)33-18-8-4-7-17(15-18)22(30)26-13-6-12-25-21(29)11-5-14-27-23(31)19-9-2-3-10-20(19)24(27)32/h2-4,7-10,15H,5-6,11-14H2,1H3,(H,25,29)(H,26,30). The van der Waals surface area contributed by atoms with Gasteiger partial charge in [-0.05, 0) is 43.2 Å². The van der Waals surface area contributed by atoms with Crippen LogP contribution in [0.4, 0.5) is 0 Å². The smallest absolute Gasteiger partial charge is 0.308 e. The van der Waals surface area contributed by atoms with Crippen LogP contribution in [0.15, 0.2) is 48.5 Å². The third-order valence-electron chi connectivity index (χ3n) is 4.98. The van der Waals surface area contributed by atoms with Crippen molar-refractivity contribution >= 4 is 29.6 Å². The van der Waals surface area contributed by atoms with Crippen molar-refractivity contribution in [2.45, 2.75) is 26.2 Å². The molecule has 172 valence electrons. The first-order valence-corrected chi connectivity index (χ1v) is 10.7. The maximum absolute atomic E-state index is 12.3. The molecular formula is C24H25N3O6. The molecule has 33 heavy (non-hydrogen) atoms. The molecule has 2 aromatic carbocycles. The van der Waals surface area contributed by atoms with Crippen LogP contribution in [0.25, 0.3) is 0 Å². The van der Waals surface area contributed by atoms with E-state index in [4.69, 9.17) is 4.74 Å². The van der Waals surface area contributed by atoms with E-state index in [-0.39, 0.29) is 36.6 Å². The molecule has 0 atom stereocenters. The number of imide groups is 1. The van der Waals surface area contributed by atoms with Gasteiger partial charge in [-0.2, -0.15) is 0 Å². The number of amides is 4. The Labute approximate surface area is 191 Å². The molecule has 1 aliphatic heterocycles. The highest BCUT2D eigenvalue weighted by Gasteiger charge is 2.34. The van der Waals surface area contributed by atoms with Crippen molar-refractivity contribution in [2.75, 3.05) is 19.6 Å². The number of benzene rings is 2. The fourth-order valence-corrected chi connectivity index (χ4v) is 3.42. The van der Waals surface area contributed by atoms with Crippen molar-refractivity contribution in [3.05, 3.63) is 65.2 Å². The molecule has 0 radical (unpaired) electrons. The summed E-state index contributed by atoms with van der Waals surface area (Å²) in [6.07, 6.45) is 1.08. The van der Waals surface area contributed by atoms with Gasteiger partial charge in [-0.15, -0.1) is 0 Å². The number of rotatable bonds is 10. The van der Waals surface area contributed by atoms with E-state index in [2.05, 4.69) is 10.6 Å². The predicted octanol–water partition coefficient (Wildman–Crippen LogP) is 1.92. The average molecular weight is 451 g/mol. The van der Waals surface area contributed by atoms with Gasteiger partial charge in [0.05, 0.1) is 11.1 Å². The normalized spacial score (nSPS) is 12.3. The van der Waals surface area contributed by atoms with Gasteiger partial charge in [-0.3, -0.25) is 28.9 Å². The van der Waals surface area contributed by atoms with Gasteiger partial charge in [0.2, 0.25) is 5.91 Å². The van der Waals surface area contributed by atoms with Gasteiger partial charge in [-0.25, -0.2) is 0 Å². The molecule has 0 aromatic heterocycles. The van der Waals surface area contributed by atoms with Gasteiger partial charge in [0.25, 0.3) is 17.7 Å². The van der Waals surface area contributed by atoms with Crippen LogP contribution < -0.4 is 15.4 Å². The zero-order valence-corrected chi connectivity index (χ0v) is 18.3. The monoisotopic (exact) mass is 451 g/mol. The summed E-state index contributed by atoms with van der Waals surface area (Å²) >= 11 is 0. The number of nitrogens with one attached hydrogen (secondary N) is 2. The van der Waals surface area contributed by atoms with Crippen LogP contribution in [0.1, 0.15) is 57.3 Å². The summed E-state index contributed by atoms with van der Waals surface area (Å²) in [4.78, 5) is 61.0. The molecule has 2 N–H and O–H groups in total. The Kier molecular flexibility index (Phi) is 7.91. The Bertz CT molecular complexity index is 1050. The first-order chi connectivity index (χ1) is 15.9. The van der Waals surface area contributed by atoms with E-state index in [1.54, 1.807) is 42.5 Å². The molecule has 3 rings (SSSR count). The van der Waals surface area contributed by atoms with Crippen LogP contribution in [-0.4, -0.2) is 54.1 Å². The van der Waals surface area contributed by atoms with Gasteiger partial charge in [-0.1, -0.05) is 18.2 Å². The minimum Gasteiger partial charge on any atom is -0.427 e. The molecule has 0 unspecified atom stereocenters. The highest BCUT2D eigenvalue weighted by Crippen LogP contribution is 2.22. The number of ether oxygens (including phenoxy) is 1. The fourth-order valence-electron chi connectivity index (χ4n) is 3.42. The molecule has 0 bridgehead atoms. The summed E-state index contributed by atoms with van der Waals surface area (Å²) in [5, 5.41) is 5.50. The summed E-state index contributed by atoms with van der Waals surface area (Å²) in [6, 6.07) is 13.0. The first kappa shape index (κ1) is 23.6. The average Bonchev–Trinajstić information content (AvgIpc) is 3.03. The van der Waals surface area contributed by atoms with E-state index < -0.39 is 5.97 Å². The molecule has 9 nitrogen and oxygen atoms in total. The van der Waals surface area contributed by atoms with E-state index in [9.17, 15) is 24.0 Å². The van der Waals surface area contributed by atoms with E-state index in [0.29, 0.717) is 48.4 Å². The molecule has 4 amide bonds. The fraction of sp³-hybridized carbons (Fsp3) is 0.292. The largest absolute Gasteiger partial charge is 0.427 e. The number of hydrogen-bond donors (Lipinski definition) is 2. The van der Waals surface area contributed by atoms with Crippen molar-refractivity contribution < 1.29 is 28.7 Å². The predicted molar refractivity (Wildman–Crippen MR) is 119 cm³/mol. The molecule has 1 heterocycles. The minimum atomic E-state index is -0.466. The van der Waals surface area contributed by atoms with E-state index in [0.717, 1.165) is 0 Å². The Morgan fingerprint density at radius 3 is 2.21 bits per heavy atom. The molecule has 1 aliphatic rings. The Morgan fingerprint density at radius 2 is 1.55 bits per heavy atom. The summed E-state index contributed by atoms with van der Waals surface area (Å²) in [5.74, 6) is -1.32. The van der Waals surface area contributed by atoms with Gasteiger partial charge >= 0.3 is 5.97 Å². The lowest BCUT2D eigenvalue weighted by molar-refractivity contribution is -0.131. The van der Waals surface area contributed by atoms with Gasteiger partial charge < -0.3 is 15.4 Å². The highest BCUT2D eigenvalue weighted by atomic mass is 16.5. The number of fused-ring (bicyclic) bond motifs is 1. The van der Waals surface area contributed by atoms with Crippen LogP contribution in [0.2, 0.25) is 0 Å². The van der Waals surface area contributed by atoms with Gasteiger partial charge in [0.1, 0.15) is 5.75 Å². The number of esters is 1. The van der Waals surface area contributed by atoms with Crippen molar-refractivity contribution in [1.29, 1.82) is 0 Å². The second-order valence-electron chi connectivity index (χ2n) is 7.49. The summed E-state index contributed by atoms with van der Waals surface area (Å²) < 4.78 is 4.96. The third-order valence-corrected chi connectivity index (χ3v) is 4.98. The third kappa shape index (κ3) is 6.25. The van der Waals surface area contributed by atoms with Crippen molar-refractivity contribution in [1.82, 2.24) is 15.5 Å². The second kappa shape index (κ2) is 11.0. The molecule has 0 fully saturated rings. The topological polar surface area (TPSA) is 122 Å². The number of nitrogens with zero attached hydrogens (tertiary/aromatic N) is 1. The maximum atomic E-state index is 12.3. The lowest BCUT2D eigenvalue weighted by atomic mass is 10.1. The minimum absolute atomic E-state index is 0.183. The Hall–Kier alpha value is -4.01. The van der Waals surface area contributed by atoms with E-state index >= 15 is 0 Å². The molecule has 2 aromatic rings. The quantitative estimate of drug-likeness (QED) is 0.246. The molecule has 0 aliphatic carbocycles. The molecule has 0 saturated heterocycles. The van der Waals surface area contributed by atoms with Crippen LogP contribution in [0, 0.1) is 0 Å². The zero-order chi connectivity index (χ0) is 23.8. The van der Waals surface area contributed by atoms with E-state index in [1.165, 1.54) is 17.9 Å². The number of hydrogen-bond acceptors (Lipinski definition) is 6. The van der Waals surface area contributed by atoms with Crippen LogP contribution in [0.5, 0.6) is 5.75 Å².